The number of guanidine groups is 1. The summed E-state index contributed by atoms with van der Waals surface area (Å²) in [5, 5.41) is 10.7. The van der Waals surface area contributed by atoms with Crippen LogP contribution in [0.4, 0.5) is 0 Å². The zero-order valence-electron chi connectivity index (χ0n) is 14.4. The van der Waals surface area contributed by atoms with Crippen LogP contribution >= 0.6 is 24.0 Å². The van der Waals surface area contributed by atoms with Crippen LogP contribution in [0.15, 0.2) is 41.7 Å². The summed E-state index contributed by atoms with van der Waals surface area (Å²) in [6.07, 6.45) is 3.73. The number of nitrogens with zero attached hydrogens (tertiary/aromatic N) is 3. The Bertz CT molecular complexity index is 704. The number of aliphatic imine (C=N–C) groups is 1. The standard InChI is InChI=1S/C17H23N5O2.HI/c1-3-18-17(19-8-13-9-21-22(2)11-13)20-10-14-12-23-15-6-4-5-7-16(15)24-14;/h4-7,9,11,14H,3,8,10,12H2,1-2H3,(H2,18,19,20);1H. The SMILES string of the molecule is CCNC(=NCc1cnn(C)c1)NCC1COc2ccccc2O1.I. The molecule has 1 unspecified atom stereocenters. The van der Waals surface area contributed by atoms with Gasteiger partial charge >= 0.3 is 0 Å². The topological polar surface area (TPSA) is 72.7 Å². The normalized spacial score (nSPS) is 16.1. The first kappa shape index (κ1) is 19.4. The molecule has 0 amide bonds. The van der Waals surface area contributed by atoms with E-state index in [1.165, 1.54) is 0 Å². The maximum Gasteiger partial charge on any atom is 0.191 e. The molecule has 1 atom stereocenters. The van der Waals surface area contributed by atoms with Gasteiger partial charge in [-0.3, -0.25) is 4.68 Å². The van der Waals surface area contributed by atoms with Gasteiger partial charge in [-0.05, 0) is 19.1 Å². The molecule has 1 aromatic carbocycles. The minimum atomic E-state index is -0.0536. The fraction of sp³-hybridized carbons (Fsp3) is 0.412. The van der Waals surface area contributed by atoms with Crippen molar-refractivity contribution in [2.45, 2.75) is 19.6 Å². The van der Waals surface area contributed by atoms with E-state index in [9.17, 15) is 0 Å². The van der Waals surface area contributed by atoms with E-state index in [-0.39, 0.29) is 30.1 Å². The third-order valence-electron chi connectivity index (χ3n) is 3.59. The van der Waals surface area contributed by atoms with E-state index in [2.05, 4.69) is 20.7 Å². The summed E-state index contributed by atoms with van der Waals surface area (Å²) >= 11 is 0. The fourth-order valence-corrected chi connectivity index (χ4v) is 2.44. The van der Waals surface area contributed by atoms with Gasteiger partial charge in [0.15, 0.2) is 17.5 Å². The van der Waals surface area contributed by atoms with Crippen molar-refractivity contribution in [1.29, 1.82) is 0 Å². The number of hydrogen-bond donors (Lipinski definition) is 2. The average molecular weight is 457 g/mol. The number of nitrogens with one attached hydrogen (secondary N) is 2. The Morgan fingerprint density at radius 1 is 1.32 bits per heavy atom. The lowest BCUT2D eigenvalue weighted by atomic mass is 10.2. The smallest absolute Gasteiger partial charge is 0.191 e. The van der Waals surface area contributed by atoms with Crippen molar-refractivity contribution in [2.75, 3.05) is 19.7 Å². The Balaban J connectivity index is 0.00000225. The third-order valence-corrected chi connectivity index (χ3v) is 3.59. The van der Waals surface area contributed by atoms with Gasteiger partial charge in [-0.2, -0.15) is 5.10 Å². The highest BCUT2D eigenvalue weighted by molar-refractivity contribution is 14.0. The third kappa shape index (κ3) is 5.52. The van der Waals surface area contributed by atoms with E-state index in [4.69, 9.17) is 9.47 Å². The molecule has 2 heterocycles. The molecule has 0 aliphatic carbocycles. The van der Waals surface area contributed by atoms with Gasteiger partial charge in [0.1, 0.15) is 12.7 Å². The van der Waals surface area contributed by atoms with Gasteiger partial charge in [0.05, 0.1) is 19.3 Å². The van der Waals surface area contributed by atoms with Gasteiger partial charge in [0.25, 0.3) is 0 Å². The summed E-state index contributed by atoms with van der Waals surface area (Å²) in [6, 6.07) is 7.72. The number of halogens is 1. The second kappa shape index (κ2) is 9.50. The summed E-state index contributed by atoms with van der Waals surface area (Å²) in [4.78, 5) is 4.57. The second-order valence-corrected chi connectivity index (χ2v) is 5.60. The first-order chi connectivity index (χ1) is 11.7. The molecule has 1 aromatic heterocycles. The van der Waals surface area contributed by atoms with Crippen molar-refractivity contribution < 1.29 is 9.47 Å². The van der Waals surface area contributed by atoms with Crippen LogP contribution in [0.1, 0.15) is 12.5 Å². The molecule has 25 heavy (non-hydrogen) atoms. The Hall–Kier alpha value is -1.97. The lowest BCUT2D eigenvalue weighted by molar-refractivity contribution is 0.0936. The van der Waals surface area contributed by atoms with Crippen molar-refractivity contribution in [1.82, 2.24) is 20.4 Å². The van der Waals surface area contributed by atoms with Crippen LogP contribution in [0, 0.1) is 0 Å². The lowest BCUT2D eigenvalue weighted by Crippen LogP contribution is -2.45. The van der Waals surface area contributed by atoms with Gasteiger partial charge in [-0.1, -0.05) is 12.1 Å². The van der Waals surface area contributed by atoms with Crippen LogP contribution in [0.5, 0.6) is 11.5 Å². The minimum absolute atomic E-state index is 0. The molecule has 136 valence electrons. The van der Waals surface area contributed by atoms with E-state index >= 15 is 0 Å². The highest BCUT2D eigenvalue weighted by atomic mass is 127. The monoisotopic (exact) mass is 457 g/mol. The Morgan fingerprint density at radius 2 is 2.12 bits per heavy atom. The maximum atomic E-state index is 5.94. The zero-order chi connectivity index (χ0) is 16.8. The number of rotatable bonds is 5. The molecular weight excluding hydrogens is 433 g/mol. The predicted molar refractivity (Wildman–Crippen MR) is 108 cm³/mol. The van der Waals surface area contributed by atoms with Crippen LogP contribution in [-0.2, 0) is 13.6 Å². The number of fused-ring (bicyclic) bond motifs is 1. The molecule has 2 aromatic rings. The van der Waals surface area contributed by atoms with E-state index in [0.29, 0.717) is 19.7 Å². The quantitative estimate of drug-likeness (QED) is 0.408. The van der Waals surface area contributed by atoms with Crippen LogP contribution in [-0.4, -0.2) is 41.5 Å². The lowest BCUT2D eigenvalue weighted by Gasteiger charge is -2.27. The van der Waals surface area contributed by atoms with Gasteiger partial charge < -0.3 is 20.1 Å². The van der Waals surface area contributed by atoms with Crippen molar-refractivity contribution in [3.05, 3.63) is 42.2 Å². The number of aromatic nitrogens is 2. The Morgan fingerprint density at radius 3 is 2.84 bits per heavy atom. The number of aryl methyl sites for hydroxylation is 1. The molecule has 0 fully saturated rings. The van der Waals surface area contributed by atoms with E-state index in [1.54, 1.807) is 4.68 Å². The van der Waals surface area contributed by atoms with Crippen molar-refractivity contribution >= 4 is 29.9 Å². The molecule has 0 saturated heterocycles. The molecule has 7 nitrogen and oxygen atoms in total. The highest BCUT2D eigenvalue weighted by Gasteiger charge is 2.20. The highest BCUT2D eigenvalue weighted by Crippen LogP contribution is 2.30. The Labute approximate surface area is 164 Å². The van der Waals surface area contributed by atoms with Crippen LogP contribution in [0.25, 0.3) is 0 Å². The number of ether oxygens (including phenoxy) is 2. The number of hydrogen-bond acceptors (Lipinski definition) is 4. The molecule has 2 N–H and O–H groups in total. The summed E-state index contributed by atoms with van der Waals surface area (Å²) < 4.78 is 13.4. The first-order valence-electron chi connectivity index (χ1n) is 8.13. The van der Waals surface area contributed by atoms with E-state index in [1.807, 2.05) is 50.6 Å². The molecule has 1 aliphatic rings. The van der Waals surface area contributed by atoms with Gasteiger partial charge in [0, 0.05) is 25.4 Å². The molecule has 3 rings (SSSR count). The molecule has 8 heteroatoms. The molecular formula is C17H24IN5O2. The van der Waals surface area contributed by atoms with E-state index < -0.39 is 0 Å². The summed E-state index contributed by atoms with van der Waals surface area (Å²) in [5.41, 5.74) is 1.07. The molecule has 0 spiro atoms. The molecule has 0 bridgehead atoms. The maximum absolute atomic E-state index is 5.94. The van der Waals surface area contributed by atoms with Crippen LogP contribution in [0.3, 0.4) is 0 Å². The summed E-state index contributed by atoms with van der Waals surface area (Å²) in [5.74, 6) is 2.34. The molecule has 1 aliphatic heterocycles. The largest absolute Gasteiger partial charge is 0.486 e. The summed E-state index contributed by atoms with van der Waals surface area (Å²) in [7, 11) is 1.90. The number of benzene rings is 1. The van der Waals surface area contributed by atoms with Crippen LogP contribution in [0.2, 0.25) is 0 Å². The van der Waals surface area contributed by atoms with Crippen molar-refractivity contribution in [2.24, 2.45) is 12.0 Å². The zero-order valence-corrected chi connectivity index (χ0v) is 16.8. The van der Waals surface area contributed by atoms with E-state index in [0.717, 1.165) is 29.6 Å². The summed E-state index contributed by atoms with van der Waals surface area (Å²) in [6.45, 7) is 4.55. The molecule has 0 saturated carbocycles. The van der Waals surface area contributed by atoms with Gasteiger partial charge in [-0.15, -0.1) is 24.0 Å². The van der Waals surface area contributed by atoms with Gasteiger partial charge in [0.2, 0.25) is 0 Å². The van der Waals surface area contributed by atoms with Crippen molar-refractivity contribution in [3.63, 3.8) is 0 Å². The van der Waals surface area contributed by atoms with Gasteiger partial charge in [-0.25, -0.2) is 4.99 Å². The minimum Gasteiger partial charge on any atom is -0.486 e. The average Bonchev–Trinajstić information content (AvgIpc) is 3.02. The second-order valence-electron chi connectivity index (χ2n) is 5.60. The first-order valence-corrected chi connectivity index (χ1v) is 8.13. The number of para-hydroxylation sites is 2. The van der Waals surface area contributed by atoms with Crippen LogP contribution < -0.4 is 20.1 Å². The predicted octanol–water partition coefficient (Wildman–Crippen LogP) is 1.93. The fourth-order valence-electron chi connectivity index (χ4n) is 2.44. The Kier molecular flexibility index (Phi) is 7.35. The van der Waals surface area contributed by atoms with Crippen molar-refractivity contribution in [3.8, 4) is 11.5 Å². The molecule has 0 radical (unpaired) electrons.